The van der Waals surface area contributed by atoms with Crippen LogP contribution >= 0.6 is 0 Å². The molecule has 1 atom stereocenters. The van der Waals surface area contributed by atoms with Crippen LogP contribution in [-0.2, 0) is 4.74 Å². The van der Waals surface area contributed by atoms with Crippen LogP contribution in [0.1, 0.15) is 22.7 Å². The Morgan fingerprint density at radius 3 is 2.52 bits per heavy atom. The van der Waals surface area contributed by atoms with Gasteiger partial charge in [0.05, 0.1) is 25.8 Å². The molecule has 0 bridgehead atoms. The van der Waals surface area contributed by atoms with E-state index in [9.17, 15) is 4.39 Å². The first-order valence-corrected chi connectivity index (χ1v) is 9.24. The van der Waals surface area contributed by atoms with Gasteiger partial charge >= 0.3 is 0 Å². The van der Waals surface area contributed by atoms with E-state index in [1.165, 1.54) is 23.3 Å². The number of aliphatic imine (C=N–C) groups is 1. The summed E-state index contributed by atoms with van der Waals surface area (Å²) in [7, 11) is 0. The molecule has 144 valence electrons. The molecule has 1 unspecified atom stereocenters. The summed E-state index contributed by atoms with van der Waals surface area (Å²) in [5.41, 5.74) is 10.5. The number of aryl methyl sites for hydroxylation is 2. The Morgan fingerprint density at radius 2 is 1.85 bits per heavy atom. The summed E-state index contributed by atoms with van der Waals surface area (Å²) in [4.78, 5) is 6.86. The molecule has 0 aromatic heterocycles. The van der Waals surface area contributed by atoms with Crippen molar-refractivity contribution in [1.29, 1.82) is 0 Å². The van der Waals surface area contributed by atoms with Crippen LogP contribution in [0.25, 0.3) is 0 Å². The molecule has 0 spiro atoms. The van der Waals surface area contributed by atoms with Crippen LogP contribution in [0.4, 0.5) is 10.1 Å². The first-order chi connectivity index (χ1) is 13.0. The number of morpholine rings is 1. The van der Waals surface area contributed by atoms with Gasteiger partial charge in [0.25, 0.3) is 0 Å². The van der Waals surface area contributed by atoms with Crippen molar-refractivity contribution in [2.75, 3.05) is 38.2 Å². The average molecular weight is 370 g/mol. The smallest absolute Gasteiger partial charge is 0.193 e. The number of nitrogens with one attached hydrogen (secondary N) is 1. The molecule has 0 amide bonds. The molecule has 27 heavy (non-hydrogen) atoms. The SMILES string of the molecule is Cc1ccc(NC(N)=NCC(c2ccc(F)cc2)N2CCOCC2)cc1C. The van der Waals surface area contributed by atoms with Gasteiger partial charge in [0.2, 0.25) is 0 Å². The fourth-order valence-electron chi connectivity index (χ4n) is 3.20. The number of nitrogens with zero attached hydrogens (tertiary/aromatic N) is 2. The van der Waals surface area contributed by atoms with Crippen LogP contribution in [0.15, 0.2) is 47.5 Å². The van der Waals surface area contributed by atoms with Crippen molar-refractivity contribution in [3.05, 3.63) is 65.0 Å². The second-order valence-electron chi connectivity index (χ2n) is 6.87. The van der Waals surface area contributed by atoms with Gasteiger partial charge in [-0.3, -0.25) is 9.89 Å². The molecule has 3 rings (SSSR count). The Bertz CT molecular complexity index is 785. The van der Waals surface area contributed by atoms with Crippen molar-refractivity contribution < 1.29 is 9.13 Å². The van der Waals surface area contributed by atoms with Gasteiger partial charge in [-0.05, 0) is 54.8 Å². The number of rotatable bonds is 5. The first kappa shape index (κ1) is 19.3. The number of halogens is 1. The van der Waals surface area contributed by atoms with Gasteiger partial charge < -0.3 is 15.8 Å². The Balaban J connectivity index is 1.73. The summed E-state index contributed by atoms with van der Waals surface area (Å²) in [5, 5.41) is 3.15. The summed E-state index contributed by atoms with van der Waals surface area (Å²) in [6, 6.07) is 12.7. The van der Waals surface area contributed by atoms with Crippen molar-refractivity contribution in [2.45, 2.75) is 19.9 Å². The highest BCUT2D eigenvalue weighted by molar-refractivity contribution is 5.92. The number of guanidine groups is 1. The molecule has 5 nitrogen and oxygen atoms in total. The van der Waals surface area contributed by atoms with E-state index in [0.717, 1.165) is 24.3 Å². The van der Waals surface area contributed by atoms with E-state index in [1.807, 2.05) is 18.2 Å². The standard InChI is InChI=1S/C21H27FN4O/c1-15-3-8-19(13-16(15)2)25-21(23)24-14-20(26-9-11-27-12-10-26)17-4-6-18(22)7-5-17/h3-8,13,20H,9-12,14H2,1-2H3,(H3,23,24,25). The van der Waals surface area contributed by atoms with Crippen LogP contribution in [0.2, 0.25) is 0 Å². The van der Waals surface area contributed by atoms with E-state index < -0.39 is 0 Å². The number of nitrogens with two attached hydrogens (primary N) is 1. The topological polar surface area (TPSA) is 62.9 Å². The molecular weight excluding hydrogens is 343 g/mol. The number of hydrogen-bond donors (Lipinski definition) is 2. The summed E-state index contributed by atoms with van der Waals surface area (Å²) < 4.78 is 18.8. The minimum atomic E-state index is -0.237. The van der Waals surface area contributed by atoms with Crippen LogP contribution in [0.3, 0.4) is 0 Å². The maximum Gasteiger partial charge on any atom is 0.193 e. The Kier molecular flexibility index (Phi) is 6.42. The molecule has 1 saturated heterocycles. The van der Waals surface area contributed by atoms with E-state index in [-0.39, 0.29) is 11.9 Å². The minimum absolute atomic E-state index is 0.0367. The summed E-state index contributed by atoms with van der Waals surface area (Å²) >= 11 is 0. The lowest BCUT2D eigenvalue weighted by atomic mass is 10.0. The van der Waals surface area contributed by atoms with Crippen molar-refractivity contribution in [1.82, 2.24) is 4.90 Å². The molecule has 1 aliphatic heterocycles. The number of benzene rings is 2. The average Bonchev–Trinajstić information content (AvgIpc) is 2.67. The highest BCUT2D eigenvalue weighted by Gasteiger charge is 2.22. The molecular formula is C21H27FN4O. The van der Waals surface area contributed by atoms with Crippen LogP contribution in [-0.4, -0.2) is 43.7 Å². The van der Waals surface area contributed by atoms with Gasteiger partial charge in [-0.25, -0.2) is 4.39 Å². The molecule has 3 N–H and O–H groups in total. The van der Waals surface area contributed by atoms with Gasteiger partial charge in [0.15, 0.2) is 5.96 Å². The van der Waals surface area contributed by atoms with E-state index in [1.54, 1.807) is 0 Å². The maximum absolute atomic E-state index is 13.3. The van der Waals surface area contributed by atoms with Crippen molar-refractivity contribution >= 4 is 11.6 Å². The molecule has 1 heterocycles. The fourth-order valence-corrected chi connectivity index (χ4v) is 3.20. The van der Waals surface area contributed by atoms with Crippen molar-refractivity contribution in [3.8, 4) is 0 Å². The largest absolute Gasteiger partial charge is 0.379 e. The van der Waals surface area contributed by atoms with Crippen LogP contribution in [0, 0.1) is 19.7 Å². The van der Waals surface area contributed by atoms with Gasteiger partial charge in [-0.2, -0.15) is 0 Å². The predicted octanol–water partition coefficient (Wildman–Crippen LogP) is 3.24. The van der Waals surface area contributed by atoms with Gasteiger partial charge in [0.1, 0.15) is 5.82 Å². The molecule has 0 radical (unpaired) electrons. The molecule has 1 aliphatic rings. The van der Waals surface area contributed by atoms with E-state index in [2.05, 4.69) is 41.2 Å². The second-order valence-corrected chi connectivity index (χ2v) is 6.87. The zero-order chi connectivity index (χ0) is 19.2. The summed E-state index contributed by atoms with van der Waals surface area (Å²) in [5.74, 6) is 0.137. The molecule has 0 saturated carbocycles. The summed E-state index contributed by atoms with van der Waals surface area (Å²) in [6.07, 6.45) is 0. The predicted molar refractivity (Wildman–Crippen MR) is 108 cm³/mol. The van der Waals surface area contributed by atoms with Gasteiger partial charge in [-0.1, -0.05) is 18.2 Å². The monoisotopic (exact) mass is 370 g/mol. The van der Waals surface area contributed by atoms with Crippen molar-refractivity contribution in [2.24, 2.45) is 10.7 Å². The van der Waals surface area contributed by atoms with E-state index in [0.29, 0.717) is 25.7 Å². The molecule has 2 aromatic rings. The number of anilines is 1. The van der Waals surface area contributed by atoms with Crippen LogP contribution in [0.5, 0.6) is 0 Å². The maximum atomic E-state index is 13.3. The molecule has 1 fully saturated rings. The zero-order valence-electron chi connectivity index (χ0n) is 15.9. The molecule has 2 aromatic carbocycles. The lowest BCUT2D eigenvalue weighted by molar-refractivity contribution is 0.0180. The third-order valence-corrected chi connectivity index (χ3v) is 4.96. The first-order valence-electron chi connectivity index (χ1n) is 9.24. The fraction of sp³-hybridized carbons (Fsp3) is 0.381. The Labute approximate surface area is 160 Å². The number of hydrogen-bond acceptors (Lipinski definition) is 3. The quantitative estimate of drug-likeness (QED) is 0.627. The summed E-state index contributed by atoms with van der Waals surface area (Å²) in [6.45, 7) is 7.66. The van der Waals surface area contributed by atoms with E-state index >= 15 is 0 Å². The Morgan fingerprint density at radius 1 is 1.15 bits per heavy atom. The molecule has 0 aliphatic carbocycles. The van der Waals surface area contributed by atoms with Gasteiger partial charge in [-0.15, -0.1) is 0 Å². The highest BCUT2D eigenvalue weighted by Crippen LogP contribution is 2.23. The normalized spacial score (nSPS) is 16.9. The molecule has 6 heteroatoms. The van der Waals surface area contributed by atoms with E-state index in [4.69, 9.17) is 10.5 Å². The zero-order valence-corrected chi connectivity index (χ0v) is 15.9. The minimum Gasteiger partial charge on any atom is -0.379 e. The highest BCUT2D eigenvalue weighted by atomic mass is 19.1. The third kappa shape index (κ3) is 5.28. The lowest BCUT2D eigenvalue weighted by Gasteiger charge is -2.34. The number of ether oxygens (including phenoxy) is 1. The second kappa shape index (κ2) is 8.97. The third-order valence-electron chi connectivity index (χ3n) is 4.96. The van der Waals surface area contributed by atoms with Gasteiger partial charge in [0, 0.05) is 18.8 Å². The van der Waals surface area contributed by atoms with Crippen molar-refractivity contribution in [3.63, 3.8) is 0 Å². The Hall–Kier alpha value is -2.44. The lowest BCUT2D eigenvalue weighted by Crippen LogP contribution is -2.40. The van der Waals surface area contributed by atoms with Crippen LogP contribution < -0.4 is 11.1 Å².